The lowest BCUT2D eigenvalue weighted by Gasteiger charge is -2.09. The highest BCUT2D eigenvalue weighted by atomic mass is 32.2. The van der Waals surface area contributed by atoms with Gasteiger partial charge in [-0.2, -0.15) is 0 Å². The molecule has 0 atom stereocenters. The number of hydrogen-bond acceptors (Lipinski definition) is 4. The van der Waals surface area contributed by atoms with Gasteiger partial charge in [-0.05, 0) is 37.4 Å². The van der Waals surface area contributed by atoms with Gasteiger partial charge < -0.3 is 10.6 Å². The summed E-state index contributed by atoms with van der Waals surface area (Å²) in [5.74, 6) is -3.07. The van der Waals surface area contributed by atoms with Crippen LogP contribution in [0.4, 0.5) is 8.78 Å². The molecule has 0 bridgehead atoms. The molecule has 0 aliphatic carbocycles. The Balaban J connectivity index is 1.95. The van der Waals surface area contributed by atoms with Crippen LogP contribution in [0.5, 0.6) is 0 Å². The summed E-state index contributed by atoms with van der Waals surface area (Å²) in [4.78, 5) is 23.6. The normalized spacial score (nSPS) is 11.1. The number of carbonyl (C=O) groups excluding carboxylic acids is 2. The fourth-order valence-electron chi connectivity index (χ4n) is 2.15. The third-order valence-electron chi connectivity index (χ3n) is 3.58. The number of hydrogen-bond donors (Lipinski definition) is 3. The van der Waals surface area contributed by atoms with Gasteiger partial charge in [-0.1, -0.05) is 12.1 Å². The van der Waals surface area contributed by atoms with E-state index < -0.39 is 39.0 Å². The van der Waals surface area contributed by atoms with Crippen LogP contribution in [-0.4, -0.2) is 40.4 Å². The lowest BCUT2D eigenvalue weighted by atomic mass is 10.2. The van der Waals surface area contributed by atoms with Gasteiger partial charge >= 0.3 is 0 Å². The molecule has 0 saturated carbocycles. The second-order valence-corrected chi connectivity index (χ2v) is 7.23. The molecular formula is C17H17F2N3O4S. The molecule has 10 heteroatoms. The summed E-state index contributed by atoms with van der Waals surface area (Å²) in [7, 11) is -2.64. The van der Waals surface area contributed by atoms with Crippen molar-refractivity contribution in [1.82, 2.24) is 15.4 Å². The molecule has 0 aliphatic rings. The Kier molecular flexibility index (Phi) is 6.59. The third-order valence-corrected chi connectivity index (χ3v) is 4.99. The molecule has 0 saturated heterocycles. The largest absolute Gasteiger partial charge is 0.350 e. The molecule has 0 aromatic heterocycles. The summed E-state index contributed by atoms with van der Waals surface area (Å²) < 4.78 is 52.9. The zero-order chi connectivity index (χ0) is 20.0. The quantitative estimate of drug-likeness (QED) is 0.607. The number of halogens is 2. The molecule has 0 fully saturated rings. The summed E-state index contributed by atoms with van der Waals surface area (Å²) in [6.45, 7) is -0.101. The molecule has 2 amide bonds. The molecule has 27 heavy (non-hydrogen) atoms. The van der Waals surface area contributed by atoms with Gasteiger partial charge in [0.15, 0.2) is 0 Å². The molecular weight excluding hydrogens is 380 g/mol. The Morgan fingerprint density at radius 3 is 2.04 bits per heavy atom. The van der Waals surface area contributed by atoms with Gasteiger partial charge in [0.1, 0.15) is 11.6 Å². The van der Waals surface area contributed by atoms with Crippen LogP contribution < -0.4 is 15.4 Å². The van der Waals surface area contributed by atoms with Gasteiger partial charge in [0.2, 0.25) is 10.0 Å². The SMILES string of the molecule is CNS(=O)(=O)c1ccc(F)c(C(=O)NCCNC(=O)c2ccccc2F)c1. The predicted octanol–water partition coefficient (Wildman–Crippen LogP) is 1.03. The molecule has 0 aliphatic heterocycles. The summed E-state index contributed by atoms with van der Waals surface area (Å²) in [6, 6.07) is 8.23. The predicted molar refractivity (Wildman–Crippen MR) is 93.7 cm³/mol. The zero-order valence-corrected chi connectivity index (χ0v) is 15.1. The number of rotatable bonds is 7. The number of benzene rings is 2. The summed E-state index contributed by atoms with van der Waals surface area (Å²) >= 11 is 0. The zero-order valence-electron chi connectivity index (χ0n) is 14.3. The van der Waals surface area contributed by atoms with E-state index in [-0.39, 0.29) is 23.5 Å². The number of nitrogens with one attached hydrogen (secondary N) is 3. The van der Waals surface area contributed by atoms with Crippen LogP contribution >= 0.6 is 0 Å². The van der Waals surface area contributed by atoms with Crippen molar-refractivity contribution >= 4 is 21.8 Å². The Labute approximate surface area is 154 Å². The average molecular weight is 397 g/mol. The number of amides is 2. The molecule has 0 unspecified atom stereocenters. The first-order chi connectivity index (χ1) is 12.8. The monoisotopic (exact) mass is 397 g/mol. The highest BCUT2D eigenvalue weighted by molar-refractivity contribution is 7.89. The van der Waals surface area contributed by atoms with Crippen molar-refractivity contribution in [3.8, 4) is 0 Å². The molecule has 3 N–H and O–H groups in total. The van der Waals surface area contributed by atoms with Crippen molar-refractivity contribution in [3.05, 3.63) is 65.2 Å². The van der Waals surface area contributed by atoms with E-state index in [1.165, 1.54) is 25.2 Å². The van der Waals surface area contributed by atoms with E-state index in [0.29, 0.717) is 0 Å². The van der Waals surface area contributed by atoms with Crippen LogP contribution in [0.25, 0.3) is 0 Å². The van der Waals surface area contributed by atoms with E-state index in [4.69, 9.17) is 0 Å². The molecule has 144 valence electrons. The van der Waals surface area contributed by atoms with Crippen LogP contribution in [0.1, 0.15) is 20.7 Å². The van der Waals surface area contributed by atoms with E-state index >= 15 is 0 Å². The molecule has 0 radical (unpaired) electrons. The van der Waals surface area contributed by atoms with E-state index in [0.717, 1.165) is 24.3 Å². The standard InChI is InChI=1S/C17H17F2N3O4S/c1-20-27(25,26)11-6-7-15(19)13(10-11)17(24)22-9-8-21-16(23)12-4-2-3-5-14(12)18/h2-7,10,20H,8-9H2,1H3,(H,21,23)(H,22,24). The second-order valence-electron chi connectivity index (χ2n) is 5.34. The van der Waals surface area contributed by atoms with Crippen LogP contribution in [0.2, 0.25) is 0 Å². The Bertz CT molecular complexity index is 964. The van der Waals surface area contributed by atoms with Crippen LogP contribution in [0, 0.1) is 11.6 Å². The minimum absolute atomic E-state index is 0.0327. The summed E-state index contributed by atoms with van der Waals surface area (Å²) in [5.41, 5.74) is -0.591. The van der Waals surface area contributed by atoms with Crippen molar-refractivity contribution < 1.29 is 26.8 Å². The maximum Gasteiger partial charge on any atom is 0.254 e. The first-order valence-electron chi connectivity index (χ1n) is 7.80. The van der Waals surface area contributed by atoms with Gasteiger partial charge in [-0.3, -0.25) is 9.59 Å². The van der Waals surface area contributed by atoms with Crippen LogP contribution in [-0.2, 0) is 10.0 Å². The molecule has 0 spiro atoms. The highest BCUT2D eigenvalue weighted by Crippen LogP contribution is 2.15. The van der Waals surface area contributed by atoms with Gasteiger partial charge in [0, 0.05) is 13.1 Å². The minimum Gasteiger partial charge on any atom is -0.350 e. The van der Waals surface area contributed by atoms with Crippen molar-refractivity contribution in [3.63, 3.8) is 0 Å². The maximum absolute atomic E-state index is 13.8. The Hall–Kier alpha value is -2.85. The van der Waals surface area contributed by atoms with Gasteiger partial charge in [-0.15, -0.1) is 0 Å². The van der Waals surface area contributed by atoms with Crippen molar-refractivity contribution in [1.29, 1.82) is 0 Å². The third kappa shape index (κ3) is 5.08. The van der Waals surface area contributed by atoms with Crippen molar-refractivity contribution in [2.24, 2.45) is 0 Å². The van der Waals surface area contributed by atoms with Crippen molar-refractivity contribution in [2.75, 3.05) is 20.1 Å². The van der Waals surface area contributed by atoms with E-state index in [1.807, 2.05) is 0 Å². The van der Waals surface area contributed by atoms with E-state index in [2.05, 4.69) is 15.4 Å². The maximum atomic E-state index is 13.8. The summed E-state index contributed by atoms with van der Waals surface area (Å²) in [6.07, 6.45) is 0. The molecule has 0 heterocycles. The first-order valence-corrected chi connectivity index (χ1v) is 9.28. The fraction of sp³-hybridized carbons (Fsp3) is 0.176. The molecule has 2 aromatic rings. The van der Waals surface area contributed by atoms with Gasteiger partial charge in [-0.25, -0.2) is 21.9 Å². The van der Waals surface area contributed by atoms with Crippen molar-refractivity contribution in [2.45, 2.75) is 4.90 Å². The number of carbonyl (C=O) groups is 2. The van der Waals surface area contributed by atoms with Gasteiger partial charge in [0.05, 0.1) is 16.0 Å². The Morgan fingerprint density at radius 2 is 1.44 bits per heavy atom. The summed E-state index contributed by atoms with van der Waals surface area (Å²) in [5, 5.41) is 4.77. The lowest BCUT2D eigenvalue weighted by molar-refractivity contribution is 0.0923. The van der Waals surface area contributed by atoms with E-state index in [9.17, 15) is 26.8 Å². The average Bonchev–Trinajstić information content (AvgIpc) is 2.65. The number of sulfonamides is 1. The Morgan fingerprint density at radius 1 is 0.889 bits per heavy atom. The minimum atomic E-state index is -3.83. The lowest BCUT2D eigenvalue weighted by Crippen LogP contribution is -2.35. The molecule has 2 aromatic carbocycles. The second kappa shape index (κ2) is 8.69. The van der Waals surface area contributed by atoms with Gasteiger partial charge in [0.25, 0.3) is 11.8 Å². The highest BCUT2D eigenvalue weighted by Gasteiger charge is 2.18. The molecule has 2 rings (SSSR count). The van der Waals surface area contributed by atoms with E-state index in [1.54, 1.807) is 0 Å². The first kappa shape index (κ1) is 20.5. The smallest absolute Gasteiger partial charge is 0.254 e. The topological polar surface area (TPSA) is 104 Å². The fourth-order valence-corrected chi connectivity index (χ4v) is 2.91. The van der Waals surface area contributed by atoms with Crippen LogP contribution in [0.15, 0.2) is 47.4 Å². The van der Waals surface area contributed by atoms with Crippen LogP contribution in [0.3, 0.4) is 0 Å². The molecule has 7 nitrogen and oxygen atoms in total.